The summed E-state index contributed by atoms with van der Waals surface area (Å²) in [6.07, 6.45) is 5.97. The quantitative estimate of drug-likeness (QED) is 0.376. The van der Waals surface area contributed by atoms with E-state index in [1.54, 1.807) is 28.7 Å². The van der Waals surface area contributed by atoms with E-state index in [0.29, 0.717) is 18.5 Å². The van der Waals surface area contributed by atoms with E-state index in [-0.39, 0.29) is 5.91 Å². The fraction of sp³-hybridized carbons (Fsp3) is 0.292. The van der Waals surface area contributed by atoms with Crippen LogP contribution >= 0.6 is 0 Å². The molecule has 9 heteroatoms. The van der Waals surface area contributed by atoms with Gasteiger partial charge in [-0.25, -0.2) is 9.67 Å². The molecule has 9 nitrogen and oxygen atoms in total. The van der Waals surface area contributed by atoms with Crippen LogP contribution in [0.2, 0.25) is 0 Å². The van der Waals surface area contributed by atoms with Gasteiger partial charge in [0, 0.05) is 36.8 Å². The van der Waals surface area contributed by atoms with Gasteiger partial charge in [-0.2, -0.15) is 5.10 Å². The number of ether oxygens (including phenoxy) is 1. The molecule has 2 aromatic carbocycles. The molecule has 1 N–H and O–H groups in total. The first-order chi connectivity index (χ1) is 16.2. The Labute approximate surface area is 192 Å². The number of nitrogens with zero attached hydrogens (tertiary/aromatic N) is 6. The molecular weight excluding hydrogens is 418 g/mol. The lowest BCUT2D eigenvalue weighted by molar-refractivity contribution is 0.0953. The van der Waals surface area contributed by atoms with E-state index in [1.165, 1.54) is 0 Å². The lowest BCUT2D eigenvalue weighted by Gasteiger charge is -2.09. The summed E-state index contributed by atoms with van der Waals surface area (Å²) in [6, 6.07) is 15.1. The van der Waals surface area contributed by atoms with Gasteiger partial charge >= 0.3 is 0 Å². The topological polar surface area (TPSA) is 99.8 Å². The molecule has 1 amide bonds. The maximum absolute atomic E-state index is 12.7. The first-order valence-corrected chi connectivity index (χ1v) is 11.0. The Kier molecular flexibility index (Phi) is 7.09. The van der Waals surface area contributed by atoms with Crippen LogP contribution in [-0.2, 0) is 13.0 Å². The van der Waals surface area contributed by atoms with Crippen molar-refractivity contribution in [2.75, 3.05) is 13.7 Å². The van der Waals surface area contributed by atoms with E-state index in [4.69, 9.17) is 9.72 Å². The number of rotatable bonds is 10. The van der Waals surface area contributed by atoms with E-state index in [9.17, 15) is 4.79 Å². The van der Waals surface area contributed by atoms with Crippen molar-refractivity contribution in [2.24, 2.45) is 0 Å². The van der Waals surface area contributed by atoms with Gasteiger partial charge in [-0.3, -0.25) is 9.48 Å². The van der Waals surface area contributed by atoms with Gasteiger partial charge in [0.05, 0.1) is 19.0 Å². The van der Waals surface area contributed by atoms with Crippen molar-refractivity contribution in [1.29, 1.82) is 0 Å². The minimum absolute atomic E-state index is 0.112. The fourth-order valence-electron chi connectivity index (χ4n) is 3.45. The minimum Gasteiger partial charge on any atom is -0.497 e. The maximum Gasteiger partial charge on any atom is 0.251 e. The van der Waals surface area contributed by atoms with Crippen LogP contribution in [0.15, 0.2) is 60.9 Å². The van der Waals surface area contributed by atoms with Crippen LogP contribution in [0.3, 0.4) is 0 Å². The largest absolute Gasteiger partial charge is 0.497 e. The molecule has 4 aromatic rings. The number of carbonyl (C=O) groups is 1. The Bertz CT molecular complexity index is 1180. The van der Waals surface area contributed by atoms with E-state index in [1.807, 2.05) is 55.6 Å². The SMILES string of the molecule is CCc1nc(-c2ccc(OC)cc2)n(-c2cccc(C(=O)NCCCCn3ccnn3)c2)n1. The summed E-state index contributed by atoms with van der Waals surface area (Å²) in [6.45, 7) is 3.40. The van der Waals surface area contributed by atoms with Crippen LogP contribution in [0.25, 0.3) is 17.1 Å². The number of nitrogens with one attached hydrogen (secondary N) is 1. The van der Waals surface area contributed by atoms with E-state index in [0.717, 1.165) is 48.0 Å². The average molecular weight is 446 g/mol. The van der Waals surface area contributed by atoms with Gasteiger partial charge in [0.15, 0.2) is 11.6 Å². The van der Waals surface area contributed by atoms with Crippen molar-refractivity contribution in [3.63, 3.8) is 0 Å². The zero-order valence-corrected chi connectivity index (χ0v) is 18.8. The summed E-state index contributed by atoms with van der Waals surface area (Å²) < 4.78 is 8.83. The molecule has 0 radical (unpaired) electrons. The molecule has 2 heterocycles. The van der Waals surface area contributed by atoms with Crippen LogP contribution in [-0.4, -0.2) is 49.3 Å². The lowest BCUT2D eigenvalue weighted by atomic mass is 10.1. The van der Waals surface area contributed by atoms with Gasteiger partial charge in [0.25, 0.3) is 5.91 Å². The lowest BCUT2D eigenvalue weighted by Crippen LogP contribution is -2.24. The number of aromatic nitrogens is 6. The number of carbonyl (C=O) groups excluding carboxylic acids is 1. The molecule has 0 aliphatic heterocycles. The Morgan fingerprint density at radius 2 is 1.97 bits per heavy atom. The summed E-state index contributed by atoms with van der Waals surface area (Å²) in [7, 11) is 1.64. The van der Waals surface area contributed by atoms with Gasteiger partial charge in [0.1, 0.15) is 5.75 Å². The molecule has 0 fully saturated rings. The Morgan fingerprint density at radius 1 is 1.12 bits per heavy atom. The molecule has 2 aromatic heterocycles. The van der Waals surface area contributed by atoms with E-state index >= 15 is 0 Å². The molecule has 0 bridgehead atoms. The molecule has 0 unspecified atom stereocenters. The van der Waals surface area contributed by atoms with Crippen LogP contribution in [0, 0.1) is 0 Å². The molecular formula is C24H27N7O2. The van der Waals surface area contributed by atoms with Crippen molar-refractivity contribution >= 4 is 5.91 Å². The van der Waals surface area contributed by atoms with Crippen molar-refractivity contribution in [1.82, 2.24) is 35.1 Å². The molecule has 33 heavy (non-hydrogen) atoms. The van der Waals surface area contributed by atoms with Crippen LogP contribution < -0.4 is 10.1 Å². The number of hydrogen-bond donors (Lipinski definition) is 1. The van der Waals surface area contributed by atoms with Gasteiger partial charge < -0.3 is 10.1 Å². The summed E-state index contributed by atoms with van der Waals surface area (Å²) in [5.41, 5.74) is 2.29. The third-order valence-electron chi connectivity index (χ3n) is 5.24. The van der Waals surface area contributed by atoms with Crippen LogP contribution in [0.4, 0.5) is 0 Å². The minimum atomic E-state index is -0.112. The molecule has 0 aliphatic carbocycles. The molecule has 0 saturated heterocycles. The monoisotopic (exact) mass is 445 g/mol. The van der Waals surface area contributed by atoms with Gasteiger partial charge in [-0.15, -0.1) is 5.10 Å². The third-order valence-corrected chi connectivity index (χ3v) is 5.24. The number of unbranched alkanes of at least 4 members (excludes halogenated alkanes) is 1. The Hall–Kier alpha value is -4.01. The normalized spacial score (nSPS) is 10.8. The first kappa shape index (κ1) is 22.2. The van der Waals surface area contributed by atoms with Crippen molar-refractivity contribution in [3.8, 4) is 22.8 Å². The Morgan fingerprint density at radius 3 is 2.70 bits per heavy atom. The zero-order valence-electron chi connectivity index (χ0n) is 18.8. The summed E-state index contributed by atoms with van der Waals surface area (Å²) >= 11 is 0. The number of benzene rings is 2. The first-order valence-electron chi connectivity index (χ1n) is 11.0. The number of methoxy groups -OCH3 is 1. The highest BCUT2D eigenvalue weighted by atomic mass is 16.5. The smallest absolute Gasteiger partial charge is 0.251 e. The van der Waals surface area contributed by atoms with Gasteiger partial charge in [0.2, 0.25) is 0 Å². The van der Waals surface area contributed by atoms with Crippen LogP contribution in [0.1, 0.15) is 35.9 Å². The predicted octanol–water partition coefficient (Wildman–Crippen LogP) is 3.31. The molecule has 4 rings (SSSR count). The standard InChI is InChI=1S/C24H27N7O2/c1-3-22-27-23(18-9-11-21(33-2)12-10-18)31(28-22)20-8-6-7-19(17-20)24(32)25-13-4-5-15-30-16-14-26-29-30/h6-12,14,16-17H,3-5,13,15H2,1-2H3,(H,25,32). The predicted molar refractivity (Wildman–Crippen MR) is 124 cm³/mol. The summed E-state index contributed by atoms with van der Waals surface area (Å²) in [4.78, 5) is 17.4. The number of hydrogen-bond acceptors (Lipinski definition) is 6. The molecule has 0 atom stereocenters. The third kappa shape index (κ3) is 5.43. The molecule has 170 valence electrons. The fourth-order valence-corrected chi connectivity index (χ4v) is 3.45. The highest BCUT2D eigenvalue weighted by Crippen LogP contribution is 2.24. The highest BCUT2D eigenvalue weighted by molar-refractivity contribution is 5.94. The highest BCUT2D eigenvalue weighted by Gasteiger charge is 2.15. The molecule has 0 saturated carbocycles. The maximum atomic E-state index is 12.7. The van der Waals surface area contributed by atoms with Gasteiger partial charge in [-0.05, 0) is 55.3 Å². The second-order valence-corrected chi connectivity index (χ2v) is 7.52. The van der Waals surface area contributed by atoms with Crippen molar-refractivity contribution < 1.29 is 9.53 Å². The van der Waals surface area contributed by atoms with Crippen molar-refractivity contribution in [2.45, 2.75) is 32.7 Å². The Balaban J connectivity index is 1.46. The van der Waals surface area contributed by atoms with Gasteiger partial charge in [-0.1, -0.05) is 18.2 Å². The number of amides is 1. The summed E-state index contributed by atoms with van der Waals surface area (Å²) in [5, 5.41) is 15.4. The molecule has 0 aliphatic rings. The second-order valence-electron chi connectivity index (χ2n) is 7.52. The zero-order chi connectivity index (χ0) is 23.0. The van der Waals surface area contributed by atoms with Crippen molar-refractivity contribution in [3.05, 3.63) is 72.3 Å². The number of aryl methyl sites for hydroxylation is 2. The molecule has 0 spiro atoms. The average Bonchev–Trinajstić information content (AvgIpc) is 3.54. The van der Waals surface area contributed by atoms with E-state index < -0.39 is 0 Å². The summed E-state index contributed by atoms with van der Waals surface area (Å²) in [5.74, 6) is 2.13. The van der Waals surface area contributed by atoms with E-state index in [2.05, 4.69) is 20.7 Å². The second kappa shape index (κ2) is 10.5. The van der Waals surface area contributed by atoms with Crippen LogP contribution in [0.5, 0.6) is 5.75 Å².